The van der Waals surface area contributed by atoms with Gasteiger partial charge in [0.15, 0.2) is 0 Å². The molecule has 2 nitrogen and oxygen atoms in total. The fourth-order valence-corrected chi connectivity index (χ4v) is 4.34. The number of fused-ring (bicyclic) bond motifs is 1. The standard InChI is InChI=1S/C15H24O2/c1-4-11-13-8-6-7-12(13)10(3)14(11)9-17-15(16)5-2/h5,10-14H,2,4,6-9H2,1,3H3/t10-,11?,12?,13?,14?/m0/s1. The second-order valence-electron chi connectivity index (χ2n) is 5.69. The third-order valence-electron chi connectivity index (χ3n) is 5.13. The van der Waals surface area contributed by atoms with Gasteiger partial charge in [-0.1, -0.05) is 33.3 Å². The monoisotopic (exact) mass is 236 g/mol. The molecule has 17 heavy (non-hydrogen) atoms. The molecule has 2 fully saturated rings. The molecule has 0 amide bonds. The van der Waals surface area contributed by atoms with E-state index in [0.29, 0.717) is 18.4 Å². The summed E-state index contributed by atoms with van der Waals surface area (Å²) in [6.45, 7) is 8.67. The number of hydrogen-bond donors (Lipinski definition) is 0. The third-order valence-corrected chi connectivity index (χ3v) is 5.13. The summed E-state index contributed by atoms with van der Waals surface area (Å²) in [5.41, 5.74) is 0. The molecule has 2 aliphatic carbocycles. The molecule has 0 aromatic carbocycles. The Morgan fingerprint density at radius 1 is 1.35 bits per heavy atom. The molecule has 0 bridgehead atoms. The van der Waals surface area contributed by atoms with E-state index in [1.54, 1.807) is 0 Å². The number of carbonyl (C=O) groups is 1. The number of carbonyl (C=O) groups excluding carboxylic acids is 1. The van der Waals surface area contributed by atoms with E-state index in [2.05, 4.69) is 20.4 Å². The van der Waals surface area contributed by atoms with E-state index in [9.17, 15) is 4.79 Å². The van der Waals surface area contributed by atoms with Gasteiger partial charge in [-0.25, -0.2) is 4.79 Å². The third kappa shape index (κ3) is 2.27. The molecular weight excluding hydrogens is 212 g/mol. The second kappa shape index (κ2) is 5.24. The highest BCUT2D eigenvalue weighted by Crippen LogP contribution is 2.54. The molecule has 0 heterocycles. The fourth-order valence-electron chi connectivity index (χ4n) is 4.34. The number of rotatable bonds is 4. The predicted octanol–water partition coefficient (Wildman–Crippen LogP) is 3.42. The van der Waals surface area contributed by atoms with Crippen LogP contribution in [0.1, 0.15) is 39.5 Å². The minimum Gasteiger partial charge on any atom is -0.462 e. The highest BCUT2D eigenvalue weighted by atomic mass is 16.5. The first-order valence-corrected chi connectivity index (χ1v) is 6.98. The lowest BCUT2D eigenvalue weighted by atomic mass is 9.85. The summed E-state index contributed by atoms with van der Waals surface area (Å²) < 4.78 is 5.29. The number of hydrogen-bond acceptors (Lipinski definition) is 2. The minimum atomic E-state index is -0.274. The van der Waals surface area contributed by atoms with E-state index in [0.717, 1.165) is 17.8 Å². The van der Waals surface area contributed by atoms with E-state index >= 15 is 0 Å². The van der Waals surface area contributed by atoms with Crippen LogP contribution in [0.5, 0.6) is 0 Å². The summed E-state index contributed by atoms with van der Waals surface area (Å²) in [6.07, 6.45) is 6.66. The van der Waals surface area contributed by atoms with Crippen molar-refractivity contribution in [2.75, 3.05) is 6.61 Å². The average Bonchev–Trinajstić information content (AvgIpc) is 2.89. The van der Waals surface area contributed by atoms with Gasteiger partial charge < -0.3 is 4.74 Å². The summed E-state index contributed by atoms with van der Waals surface area (Å²) in [7, 11) is 0. The summed E-state index contributed by atoms with van der Waals surface area (Å²) >= 11 is 0. The molecule has 0 aliphatic heterocycles. The maximum Gasteiger partial charge on any atom is 0.330 e. The van der Waals surface area contributed by atoms with Crippen LogP contribution in [-0.4, -0.2) is 12.6 Å². The lowest BCUT2D eigenvalue weighted by Crippen LogP contribution is -2.23. The molecule has 96 valence electrons. The van der Waals surface area contributed by atoms with Crippen LogP contribution in [0.3, 0.4) is 0 Å². The van der Waals surface area contributed by atoms with Crippen LogP contribution in [-0.2, 0) is 9.53 Å². The van der Waals surface area contributed by atoms with E-state index < -0.39 is 0 Å². The van der Waals surface area contributed by atoms with Crippen molar-refractivity contribution in [1.82, 2.24) is 0 Å². The van der Waals surface area contributed by atoms with E-state index in [-0.39, 0.29) is 5.97 Å². The zero-order chi connectivity index (χ0) is 12.4. The Balaban J connectivity index is 2.00. The Kier molecular flexibility index (Phi) is 3.90. The van der Waals surface area contributed by atoms with Gasteiger partial charge in [0.2, 0.25) is 0 Å². The van der Waals surface area contributed by atoms with E-state index in [1.807, 2.05) is 0 Å². The summed E-state index contributed by atoms with van der Waals surface area (Å²) in [5, 5.41) is 0. The van der Waals surface area contributed by atoms with Crippen molar-refractivity contribution in [2.24, 2.45) is 29.6 Å². The quantitative estimate of drug-likeness (QED) is 0.552. The Morgan fingerprint density at radius 3 is 2.71 bits per heavy atom. The highest BCUT2D eigenvalue weighted by molar-refractivity contribution is 5.81. The number of ether oxygens (including phenoxy) is 1. The summed E-state index contributed by atoms with van der Waals surface area (Å²) in [6, 6.07) is 0. The molecule has 0 aromatic heterocycles. The first kappa shape index (κ1) is 12.7. The highest BCUT2D eigenvalue weighted by Gasteiger charge is 2.49. The van der Waals surface area contributed by atoms with Gasteiger partial charge in [0.25, 0.3) is 0 Å². The molecule has 4 unspecified atom stereocenters. The average molecular weight is 236 g/mol. The molecular formula is C15H24O2. The van der Waals surface area contributed by atoms with Crippen molar-refractivity contribution >= 4 is 5.97 Å². The largest absolute Gasteiger partial charge is 0.462 e. The molecule has 2 aliphatic rings. The lowest BCUT2D eigenvalue weighted by molar-refractivity contribution is -0.140. The molecule has 0 aromatic rings. The Labute approximate surface area is 104 Å². The van der Waals surface area contributed by atoms with Crippen molar-refractivity contribution in [3.8, 4) is 0 Å². The van der Waals surface area contributed by atoms with Gasteiger partial charge in [0.05, 0.1) is 6.61 Å². The van der Waals surface area contributed by atoms with Crippen LogP contribution in [0.2, 0.25) is 0 Å². The molecule has 2 saturated carbocycles. The smallest absolute Gasteiger partial charge is 0.330 e. The van der Waals surface area contributed by atoms with Gasteiger partial charge in [-0.15, -0.1) is 0 Å². The van der Waals surface area contributed by atoms with Gasteiger partial charge in [-0.2, -0.15) is 0 Å². The molecule has 0 radical (unpaired) electrons. The van der Waals surface area contributed by atoms with Crippen molar-refractivity contribution in [3.63, 3.8) is 0 Å². The summed E-state index contributed by atoms with van der Waals surface area (Å²) in [4.78, 5) is 11.2. The Hall–Kier alpha value is -0.790. The normalized spacial score (nSPS) is 40.0. The van der Waals surface area contributed by atoms with E-state index in [1.165, 1.54) is 31.8 Å². The fraction of sp³-hybridized carbons (Fsp3) is 0.800. The van der Waals surface area contributed by atoms with Gasteiger partial charge in [0, 0.05) is 6.08 Å². The van der Waals surface area contributed by atoms with Gasteiger partial charge in [0.1, 0.15) is 0 Å². The van der Waals surface area contributed by atoms with Gasteiger partial charge in [-0.3, -0.25) is 0 Å². The Morgan fingerprint density at radius 2 is 2.06 bits per heavy atom. The zero-order valence-electron chi connectivity index (χ0n) is 11.0. The van der Waals surface area contributed by atoms with Crippen LogP contribution in [0.15, 0.2) is 12.7 Å². The molecule has 2 rings (SSSR count). The van der Waals surface area contributed by atoms with Gasteiger partial charge >= 0.3 is 5.97 Å². The Bertz CT molecular complexity index is 297. The molecule has 0 N–H and O–H groups in total. The SMILES string of the molecule is C=CC(=O)OCC1C(CC)C2CCCC2[C@@H]1C. The maximum atomic E-state index is 11.2. The molecule has 0 spiro atoms. The minimum absolute atomic E-state index is 0.274. The molecule has 0 saturated heterocycles. The van der Waals surface area contributed by atoms with Crippen molar-refractivity contribution in [1.29, 1.82) is 0 Å². The second-order valence-corrected chi connectivity index (χ2v) is 5.69. The van der Waals surface area contributed by atoms with Crippen molar-refractivity contribution in [3.05, 3.63) is 12.7 Å². The lowest BCUT2D eigenvalue weighted by Gasteiger charge is -2.24. The molecule has 5 atom stereocenters. The van der Waals surface area contributed by atoms with Crippen LogP contribution in [0, 0.1) is 29.6 Å². The van der Waals surface area contributed by atoms with Gasteiger partial charge in [-0.05, 0) is 42.4 Å². The first-order chi connectivity index (χ1) is 8.19. The van der Waals surface area contributed by atoms with Crippen molar-refractivity contribution in [2.45, 2.75) is 39.5 Å². The zero-order valence-corrected chi connectivity index (χ0v) is 11.0. The van der Waals surface area contributed by atoms with E-state index in [4.69, 9.17) is 4.74 Å². The summed E-state index contributed by atoms with van der Waals surface area (Å²) in [5.74, 6) is 3.54. The van der Waals surface area contributed by atoms with Crippen molar-refractivity contribution < 1.29 is 9.53 Å². The maximum absolute atomic E-state index is 11.2. The molecule has 2 heteroatoms. The van der Waals surface area contributed by atoms with Crippen LogP contribution < -0.4 is 0 Å². The predicted molar refractivity (Wildman–Crippen MR) is 68.4 cm³/mol. The van der Waals surface area contributed by atoms with Crippen LogP contribution in [0.25, 0.3) is 0 Å². The number of esters is 1. The first-order valence-electron chi connectivity index (χ1n) is 6.98. The topological polar surface area (TPSA) is 26.3 Å². The van der Waals surface area contributed by atoms with Crippen LogP contribution >= 0.6 is 0 Å². The van der Waals surface area contributed by atoms with Crippen LogP contribution in [0.4, 0.5) is 0 Å².